The molecule has 0 spiro atoms. The van der Waals surface area contributed by atoms with Crippen LogP contribution in [0.1, 0.15) is 17.6 Å². The first-order valence-electron chi connectivity index (χ1n) is 7.61. The molecule has 128 valence electrons. The summed E-state index contributed by atoms with van der Waals surface area (Å²) in [5.74, 6) is 0.0146. The van der Waals surface area contributed by atoms with Crippen LogP contribution in [-0.2, 0) is 22.5 Å². The highest BCUT2D eigenvalue weighted by Gasteiger charge is 2.22. The zero-order chi connectivity index (χ0) is 16.9. The van der Waals surface area contributed by atoms with Gasteiger partial charge in [0.2, 0.25) is 5.91 Å². The van der Waals surface area contributed by atoms with Crippen LogP contribution < -0.4 is 5.32 Å². The lowest BCUT2D eigenvalue weighted by atomic mass is 10.2. The van der Waals surface area contributed by atoms with E-state index in [9.17, 15) is 9.18 Å². The van der Waals surface area contributed by atoms with Gasteiger partial charge in [-0.3, -0.25) is 9.69 Å². The standard InChI is InChI=1S/C15H18FN5O2S/c1-10(22)20-15-19-7-13(24-15)9-21-2-3-23-12(8-21)4-14-17-5-11(16)6-18-14/h5-7,12H,2-4,8-9H2,1H3,(H,19,20,22)/t12-/m1/s1. The Morgan fingerprint density at radius 2 is 2.21 bits per heavy atom. The summed E-state index contributed by atoms with van der Waals surface area (Å²) >= 11 is 1.47. The summed E-state index contributed by atoms with van der Waals surface area (Å²) in [4.78, 5) is 26.5. The minimum absolute atomic E-state index is 0.0213. The Morgan fingerprint density at radius 1 is 1.42 bits per heavy atom. The van der Waals surface area contributed by atoms with Crippen LogP contribution in [-0.4, -0.2) is 51.6 Å². The molecule has 1 saturated heterocycles. The molecule has 0 unspecified atom stereocenters. The van der Waals surface area contributed by atoms with Crippen molar-refractivity contribution in [2.75, 3.05) is 25.0 Å². The maximum absolute atomic E-state index is 12.9. The van der Waals surface area contributed by atoms with E-state index in [4.69, 9.17) is 4.74 Å². The number of hydrogen-bond donors (Lipinski definition) is 1. The Bertz CT molecular complexity index is 693. The molecule has 1 amide bonds. The quantitative estimate of drug-likeness (QED) is 0.879. The van der Waals surface area contributed by atoms with E-state index in [2.05, 4.69) is 25.2 Å². The predicted molar refractivity (Wildman–Crippen MR) is 87.1 cm³/mol. The third-order valence-electron chi connectivity index (χ3n) is 3.52. The predicted octanol–water partition coefficient (Wildman–Crippen LogP) is 1.47. The van der Waals surface area contributed by atoms with E-state index in [1.165, 1.54) is 30.7 Å². The van der Waals surface area contributed by atoms with Crippen LogP contribution in [0.5, 0.6) is 0 Å². The van der Waals surface area contributed by atoms with Gasteiger partial charge < -0.3 is 10.1 Å². The lowest BCUT2D eigenvalue weighted by molar-refractivity contribution is -0.114. The van der Waals surface area contributed by atoms with Crippen molar-refractivity contribution in [1.82, 2.24) is 19.9 Å². The van der Waals surface area contributed by atoms with Gasteiger partial charge in [-0.1, -0.05) is 0 Å². The Morgan fingerprint density at radius 3 is 2.96 bits per heavy atom. The average Bonchev–Trinajstić information content (AvgIpc) is 2.96. The molecule has 2 aromatic rings. The summed E-state index contributed by atoms with van der Waals surface area (Å²) in [6.45, 7) is 4.41. The Hall–Kier alpha value is -1.97. The summed E-state index contributed by atoms with van der Waals surface area (Å²) in [6.07, 6.45) is 4.65. The number of carbonyl (C=O) groups excluding carboxylic acids is 1. The van der Waals surface area contributed by atoms with Crippen molar-refractivity contribution in [1.29, 1.82) is 0 Å². The number of ether oxygens (including phenoxy) is 1. The molecule has 3 rings (SSSR count). The second-order valence-electron chi connectivity index (χ2n) is 5.56. The summed E-state index contributed by atoms with van der Waals surface area (Å²) in [7, 11) is 0. The minimum Gasteiger partial charge on any atom is -0.375 e. The fourth-order valence-electron chi connectivity index (χ4n) is 2.50. The van der Waals surface area contributed by atoms with Gasteiger partial charge in [-0.15, -0.1) is 11.3 Å². The summed E-state index contributed by atoms with van der Waals surface area (Å²) in [6, 6.07) is 0. The summed E-state index contributed by atoms with van der Waals surface area (Å²) < 4.78 is 18.6. The molecule has 0 radical (unpaired) electrons. The SMILES string of the molecule is CC(=O)Nc1ncc(CN2CCO[C@H](Cc3ncc(F)cn3)C2)s1. The number of halogens is 1. The number of rotatable bonds is 5. The molecule has 24 heavy (non-hydrogen) atoms. The molecule has 3 heterocycles. The van der Waals surface area contributed by atoms with E-state index in [-0.39, 0.29) is 12.0 Å². The molecule has 1 N–H and O–H groups in total. The van der Waals surface area contributed by atoms with Crippen molar-refractivity contribution in [3.63, 3.8) is 0 Å². The van der Waals surface area contributed by atoms with Gasteiger partial charge in [0.15, 0.2) is 10.9 Å². The van der Waals surface area contributed by atoms with Crippen LogP contribution >= 0.6 is 11.3 Å². The van der Waals surface area contributed by atoms with Gasteiger partial charge in [0.05, 0.1) is 25.1 Å². The highest BCUT2D eigenvalue weighted by Crippen LogP contribution is 2.21. The molecule has 7 nitrogen and oxygen atoms in total. The highest BCUT2D eigenvalue weighted by molar-refractivity contribution is 7.15. The molecule has 0 aliphatic carbocycles. The lowest BCUT2D eigenvalue weighted by Gasteiger charge is -2.32. The zero-order valence-corrected chi connectivity index (χ0v) is 14.1. The first kappa shape index (κ1) is 16.9. The van der Waals surface area contributed by atoms with Crippen LogP contribution in [0.25, 0.3) is 0 Å². The largest absolute Gasteiger partial charge is 0.375 e. The third-order valence-corrected chi connectivity index (χ3v) is 4.42. The number of hydrogen-bond acceptors (Lipinski definition) is 7. The first-order valence-corrected chi connectivity index (χ1v) is 8.43. The van der Waals surface area contributed by atoms with Gasteiger partial charge in [-0.25, -0.2) is 19.3 Å². The molecule has 1 aliphatic heterocycles. The summed E-state index contributed by atoms with van der Waals surface area (Å²) in [5, 5.41) is 3.30. The number of morpholine rings is 1. The van der Waals surface area contributed by atoms with Crippen molar-refractivity contribution < 1.29 is 13.9 Å². The maximum Gasteiger partial charge on any atom is 0.223 e. The van der Waals surface area contributed by atoms with Crippen LogP contribution in [0.4, 0.5) is 9.52 Å². The smallest absolute Gasteiger partial charge is 0.223 e. The van der Waals surface area contributed by atoms with E-state index >= 15 is 0 Å². The Kier molecular flexibility index (Phi) is 5.44. The molecule has 9 heteroatoms. The number of amides is 1. The van der Waals surface area contributed by atoms with E-state index in [0.29, 0.717) is 24.0 Å². The monoisotopic (exact) mass is 351 g/mol. The second-order valence-corrected chi connectivity index (χ2v) is 6.68. The van der Waals surface area contributed by atoms with Gasteiger partial charge in [0.1, 0.15) is 5.82 Å². The zero-order valence-electron chi connectivity index (χ0n) is 13.2. The van der Waals surface area contributed by atoms with Crippen LogP contribution in [0.2, 0.25) is 0 Å². The number of carbonyl (C=O) groups is 1. The van der Waals surface area contributed by atoms with Gasteiger partial charge in [-0.05, 0) is 0 Å². The van der Waals surface area contributed by atoms with E-state index in [1.54, 1.807) is 6.20 Å². The van der Waals surface area contributed by atoms with Crippen LogP contribution in [0.3, 0.4) is 0 Å². The van der Waals surface area contributed by atoms with E-state index < -0.39 is 5.82 Å². The fraction of sp³-hybridized carbons (Fsp3) is 0.467. The Labute approximate surface area is 142 Å². The molecule has 0 saturated carbocycles. The van der Waals surface area contributed by atoms with Crippen molar-refractivity contribution >= 4 is 22.4 Å². The van der Waals surface area contributed by atoms with Crippen molar-refractivity contribution in [2.24, 2.45) is 0 Å². The number of thiazole rings is 1. The number of nitrogens with one attached hydrogen (secondary N) is 1. The molecular formula is C15H18FN5O2S. The molecule has 1 atom stereocenters. The lowest BCUT2D eigenvalue weighted by Crippen LogP contribution is -2.42. The molecule has 1 aliphatic rings. The van der Waals surface area contributed by atoms with E-state index in [0.717, 1.165) is 24.5 Å². The van der Waals surface area contributed by atoms with Crippen molar-refractivity contribution in [3.8, 4) is 0 Å². The third kappa shape index (κ3) is 4.76. The number of aromatic nitrogens is 3. The average molecular weight is 351 g/mol. The fourth-order valence-corrected chi connectivity index (χ4v) is 3.41. The van der Waals surface area contributed by atoms with Gasteiger partial charge >= 0.3 is 0 Å². The van der Waals surface area contributed by atoms with Crippen LogP contribution in [0.15, 0.2) is 18.6 Å². The maximum atomic E-state index is 12.9. The minimum atomic E-state index is -0.440. The molecular weight excluding hydrogens is 333 g/mol. The normalized spacial score (nSPS) is 18.5. The topological polar surface area (TPSA) is 80.2 Å². The van der Waals surface area contributed by atoms with Gasteiger partial charge in [-0.2, -0.15) is 0 Å². The molecule has 0 aromatic carbocycles. The number of anilines is 1. The Balaban J connectivity index is 1.54. The molecule has 2 aromatic heterocycles. The van der Waals surface area contributed by atoms with Crippen LogP contribution in [0, 0.1) is 5.82 Å². The van der Waals surface area contributed by atoms with Crippen molar-refractivity contribution in [2.45, 2.75) is 26.0 Å². The second kappa shape index (κ2) is 7.73. The number of nitrogens with zero attached hydrogens (tertiary/aromatic N) is 4. The van der Waals surface area contributed by atoms with Gasteiger partial charge in [0.25, 0.3) is 0 Å². The molecule has 0 bridgehead atoms. The van der Waals surface area contributed by atoms with E-state index in [1.807, 2.05) is 0 Å². The summed E-state index contributed by atoms with van der Waals surface area (Å²) in [5.41, 5.74) is 0. The molecule has 1 fully saturated rings. The van der Waals surface area contributed by atoms with Gasteiger partial charge in [0, 0.05) is 44.1 Å². The van der Waals surface area contributed by atoms with Crippen molar-refractivity contribution in [3.05, 3.63) is 35.1 Å². The highest BCUT2D eigenvalue weighted by atomic mass is 32.1. The first-order chi connectivity index (χ1) is 11.6.